The van der Waals surface area contributed by atoms with Crippen molar-refractivity contribution in [1.82, 2.24) is 0 Å². The van der Waals surface area contributed by atoms with Crippen LogP contribution >= 0.6 is 0 Å². The molecule has 23 heavy (non-hydrogen) atoms. The molecule has 2 atom stereocenters. The molecule has 2 aromatic rings. The van der Waals surface area contributed by atoms with E-state index in [-0.39, 0.29) is 17.2 Å². The maximum absolute atomic E-state index is 12.7. The number of amides is 1. The van der Waals surface area contributed by atoms with Gasteiger partial charge in [-0.15, -0.1) is 0 Å². The van der Waals surface area contributed by atoms with E-state index in [2.05, 4.69) is 29.6 Å². The maximum Gasteiger partial charge on any atom is 0.228 e. The Morgan fingerprint density at radius 1 is 1.30 bits per heavy atom. The van der Waals surface area contributed by atoms with E-state index >= 15 is 0 Å². The van der Waals surface area contributed by atoms with Crippen molar-refractivity contribution in [2.75, 3.05) is 18.2 Å². The van der Waals surface area contributed by atoms with E-state index in [4.69, 9.17) is 10.5 Å². The monoisotopic (exact) mass is 308 g/mol. The molecule has 2 aliphatic rings. The second-order valence-corrected chi connectivity index (χ2v) is 6.51. The van der Waals surface area contributed by atoms with E-state index in [1.165, 1.54) is 11.1 Å². The van der Waals surface area contributed by atoms with Crippen LogP contribution in [-0.2, 0) is 16.6 Å². The summed E-state index contributed by atoms with van der Waals surface area (Å²) >= 11 is 0. The summed E-state index contributed by atoms with van der Waals surface area (Å²) in [7, 11) is 1.60. The molecule has 4 rings (SSSR count). The van der Waals surface area contributed by atoms with Crippen LogP contribution in [0.5, 0.6) is 5.75 Å². The van der Waals surface area contributed by atoms with Crippen LogP contribution in [0.2, 0.25) is 0 Å². The predicted octanol–water partition coefficient (Wildman–Crippen LogP) is 3.12. The molecule has 1 spiro atoms. The third-order valence-corrected chi connectivity index (χ3v) is 5.30. The molecule has 0 aliphatic heterocycles. The minimum absolute atomic E-state index is 0.0387. The van der Waals surface area contributed by atoms with Gasteiger partial charge in [-0.1, -0.05) is 24.3 Å². The fraction of sp³-hybridized carbons (Fsp3) is 0.316. The Hall–Kier alpha value is -2.49. The zero-order valence-electron chi connectivity index (χ0n) is 13.1. The second-order valence-electron chi connectivity index (χ2n) is 6.51. The smallest absolute Gasteiger partial charge is 0.228 e. The van der Waals surface area contributed by atoms with Crippen LogP contribution in [0.1, 0.15) is 24.0 Å². The number of ether oxygens (including phenoxy) is 1. The fourth-order valence-corrected chi connectivity index (χ4v) is 3.93. The second kappa shape index (κ2) is 5.01. The topological polar surface area (TPSA) is 64.3 Å². The number of methoxy groups -OCH3 is 1. The molecule has 4 heteroatoms. The van der Waals surface area contributed by atoms with Gasteiger partial charge in [0.2, 0.25) is 5.91 Å². The molecule has 2 aliphatic carbocycles. The largest absolute Gasteiger partial charge is 0.497 e. The van der Waals surface area contributed by atoms with Crippen LogP contribution in [-0.4, -0.2) is 13.0 Å². The Labute approximate surface area is 135 Å². The highest BCUT2D eigenvalue weighted by Crippen LogP contribution is 2.61. The number of nitrogens with one attached hydrogen (secondary N) is 1. The minimum Gasteiger partial charge on any atom is -0.497 e. The van der Waals surface area contributed by atoms with Gasteiger partial charge in [0.05, 0.1) is 18.5 Å². The standard InChI is InChI=1S/C19H20N2O2/c1-23-13-6-7-16(20)17(10-13)21-18(22)15-11-19(15)9-8-12-4-2-3-5-14(12)19/h2-7,10,15H,8-9,11,20H2,1H3,(H,21,22). The first-order valence-electron chi connectivity index (χ1n) is 7.97. The van der Waals surface area contributed by atoms with E-state index in [0.717, 1.165) is 19.3 Å². The van der Waals surface area contributed by atoms with Crippen LogP contribution in [0.4, 0.5) is 11.4 Å². The summed E-state index contributed by atoms with van der Waals surface area (Å²) in [5.74, 6) is 0.782. The van der Waals surface area contributed by atoms with Gasteiger partial charge in [-0.2, -0.15) is 0 Å². The van der Waals surface area contributed by atoms with Crippen molar-refractivity contribution in [3.8, 4) is 5.75 Å². The Balaban J connectivity index is 1.55. The zero-order chi connectivity index (χ0) is 16.0. The molecule has 118 valence electrons. The van der Waals surface area contributed by atoms with E-state index in [1.54, 1.807) is 25.3 Å². The van der Waals surface area contributed by atoms with Crippen LogP contribution in [0.15, 0.2) is 42.5 Å². The lowest BCUT2D eigenvalue weighted by molar-refractivity contribution is -0.117. The number of nitrogens with two attached hydrogens (primary N) is 1. The highest BCUT2D eigenvalue weighted by atomic mass is 16.5. The summed E-state index contributed by atoms with van der Waals surface area (Å²) < 4.78 is 5.20. The lowest BCUT2D eigenvalue weighted by atomic mass is 9.95. The molecule has 4 nitrogen and oxygen atoms in total. The van der Waals surface area contributed by atoms with Crippen LogP contribution in [0.25, 0.3) is 0 Å². The van der Waals surface area contributed by atoms with E-state index < -0.39 is 0 Å². The number of anilines is 2. The highest BCUT2D eigenvalue weighted by Gasteiger charge is 2.61. The van der Waals surface area contributed by atoms with Crippen molar-refractivity contribution in [2.45, 2.75) is 24.7 Å². The Morgan fingerprint density at radius 2 is 2.13 bits per heavy atom. The van der Waals surface area contributed by atoms with E-state index in [1.807, 2.05) is 0 Å². The number of carbonyl (C=O) groups excluding carboxylic acids is 1. The Morgan fingerprint density at radius 3 is 2.96 bits per heavy atom. The lowest BCUT2D eigenvalue weighted by Gasteiger charge is -2.13. The summed E-state index contributed by atoms with van der Waals surface area (Å²) in [5, 5.41) is 2.98. The van der Waals surface area contributed by atoms with Gasteiger partial charge in [0.25, 0.3) is 0 Å². The average molecular weight is 308 g/mol. The molecule has 1 amide bonds. The zero-order valence-corrected chi connectivity index (χ0v) is 13.1. The summed E-state index contributed by atoms with van der Waals surface area (Å²) in [6.45, 7) is 0. The first-order chi connectivity index (χ1) is 11.1. The maximum atomic E-state index is 12.7. The van der Waals surface area contributed by atoms with Gasteiger partial charge in [0.1, 0.15) is 5.75 Å². The SMILES string of the molecule is COc1ccc(N)c(NC(=O)C2CC23CCc2ccccc23)c1. The molecule has 0 bridgehead atoms. The Kier molecular flexibility index (Phi) is 3.08. The van der Waals surface area contributed by atoms with Crippen LogP contribution in [0.3, 0.4) is 0 Å². The van der Waals surface area contributed by atoms with Crippen LogP contribution < -0.4 is 15.8 Å². The summed E-state index contributed by atoms with van der Waals surface area (Å²) in [6.07, 6.45) is 3.07. The van der Waals surface area contributed by atoms with Gasteiger partial charge in [0, 0.05) is 17.4 Å². The van der Waals surface area contributed by atoms with Gasteiger partial charge in [-0.3, -0.25) is 4.79 Å². The quantitative estimate of drug-likeness (QED) is 0.856. The molecule has 1 fully saturated rings. The number of rotatable bonds is 3. The molecule has 2 aromatic carbocycles. The molecule has 3 N–H and O–H groups in total. The first-order valence-corrected chi connectivity index (χ1v) is 7.97. The number of nitrogen functional groups attached to an aromatic ring is 1. The third kappa shape index (κ3) is 2.17. The molecule has 2 unspecified atom stereocenters. The number of carbonyl (C=O) groups is 1. The van der Waals surface area contributed by atoms with Crippen molar-refractivity contribution in [2.24, 2.45) is 5.92 Å². The molecule has 0 saturated heterocycles. The third-order valence-electron chi connectivity index (χ3n) is 5.30. The summed E-state index contributed by atoms with van der Waals surface area (Å²) in [5.41, 5.74) is 9.95. The van der Waals surface area contributed by atoms with Crippen molar-refractivity contribution in [3.63, 3.8) is 0 Å². The lowest BCUT2D eigenvalue weighted by Crippen LogP contribution is -2.20. The van der Waals surface area contributed by atoms with Crippen molar-refractivity contribution >= 4 is 17.3 Å². The highest BCUT2D eigenvalue weighted by molar-refractivity contribution is 5.98. The molecule has 0 aromatic heterocycles. The van der Waals surface area contributed by atoms with E-state index in [9.17, 15) is 4.79 Å². The molecular weight excluding hydrogens is 288 g/mol. The number of fused-ring (bicyclic) bond motifs is 2. The molecule has 0 radical (unpaired) electrons. The number of hydrogen-bond acceptors (Lipinski definition) is 3. The van der Waals surface area contributed by atoms with Gasteiger partial charge in [-0.05, 0) is 42.5 Å². The number of benzene rings is 2. The van der Waals surface area contributed by atoms with E-state index in [0.29, 0.717) is 17.1 Å². The molecule has 0 heterocycles. The van der Waals surface area contributed by atoms with Gasteiger partial charge in [0.15, 0.2) is 0 Å². The predicted molar refractivity (Wildman–Crippen MR) is 90.6 cm³/mol. The van der Waals surface area contributed by atoms with Gasteiger partial charge < -0.3 is 15.8 Å². The average Bonchev–Trinajstić information content (AvgIpc) is 3.19. The summed E-state index contributed by atoms with van der Waals surface area (Å²) in [6, 6.07) is 13.8. The van der Waals surface area contributed by atoms with Crippen molar-refractivity contribution in [3.05, 3.63) is 53.6 Å². The van der Waals surface area contributed by atoms with Crippen molar-refractivity contribution in [1.29, 1.82) is 0 Å². The summed E-state index contributed by atoms with van der Waals surface area (Å²) in [4.78, 5) is 12.7. The van der Waals surface area contributed by atoms with Gasteiger partial charge in [-0.25, -0.2) is 0 Å². The number of aryl methyl sites for hydroxylation is 1. The Bertz CT molecular complexity index is 787. The number of hydrogen-bond donors (Lipinski definition) is 2. The fourth-order valence-electron chi connectivity index (χ4n) is 3.93. The minimum atomic E-state index is 0.0387. The van der Waals surface area contributed by atoms with Gasteiger partial charge >= 0.3 is 0 Å². The first kappa shape index (κ1) is 14.1. The molecule has 1 saturated carbocycles. The normalized spacial score (nSPS) is 24.3. The molecular formula is C19H20N2O2. The van der Waals surface area contributed by atoms with Crippen molar-refractivity contribution < 1.29 is 9.53 Å². The van der Waals surface area contributed by atoms with Crippen LogP contribution in [0, 0.1) is 5.92 Å².